The predicted molar refractivity (Wildman–Crippen MR) is 77.0 cm³/mol. The third-order valence-electron chi connectivity index (χ3n) is 2.82. The van der Waals surface area contributed by atoms with Gasteiger partial charge in [0.15, 0.2) is 0 Å². The maximum atomic E-state index is 2.12. The van der Waals surface area contributed by atoms with E-state index >= 15 is 0 Å². The summed E-state index contributed by atoms with van der Waals surface area (Å²) < 4.78 is 0. The molecule has 0 heteroatoms. The molecule has 1 aromatic carbocycles. The van der Waals surface area contributed by atoms with E-state index in [0.717, 1.165) is 6.42 Å². The summed E-state index contributed by atoms with van der Waals surface area (Å²) >= 11 is 0. The molecule has 0 N–H and O–H groups in total. The van der Waals surface area contributed by atoms with Crippen molar-refractivity contribution < 1.29 is 0 Å². The van der Waals surface area contributed by atoms with Crippen LogP contribution in [-0.2, 0) is 0 Å². The molecule has 1 aromatic rings. The summed E-state index contributed by atoms with van der Waals surface area (Å²) in [7, 11) is 0. The minimum Gasteiger partial charge on any atom is -0.0808 e. The summed E-state index contributed by atoms with van der Waals surface area (Å²) in [4.78, 5) is 0. The maximum absolute atomic E-state index is 2.12. The van der Waals surface area contributed by atoms with Crippen molar-refractivity contribution in [2.45, 2.75) is 44.9 Å². The second-order valence-electron chi connectivity index (χ2n) is 4.37. The van der Waals surface area contributed by atoms with Gasteiger partial charge in [0.1, 0.15) is 0 Å². The topological polar surface area (TPSA) is 0 Å². The molecule has 0 saturated heterocycles. The second-order valence-corrected chi connectivity index (χ2v) is 4.37. The summed E-state index contributed by atoms with van der Waals surface area (Å²) in [5.41, 5.74) is 0. The molecule has 92 valence electrons. The number of allylic oxidation sites excluding steroid dienone is 4. The van der Waals surface area contributed by atoms with E-state index in [-0.39, 0.29) is 0 Å². The highest BCUT2D eigenvalue weighted by molar-refractivity contribution is 5.12. The lowest BCUT2D eigenvalue weighted by Crippen LogP contribution is -1.85. The normalized spacial score (nSPS) is 16.5. The van der Waals surface area contributed by atoms with Crippen molar-refractivity contribution in [2.24, 2.45) is 0 Å². The number of rotatable bonds is 0. The summed E-state index contributed by atoms with van der Waals surface area (Å²) in [6.45, 7) is 0. The first-order valence-corrected chi connectivity index (χ1v) is 6.82. The molecular formula is C17H24. The van der Waals surface area contributed by atoms with Gasteiger partial charge in [-0.15, -0.1) is 0 Å². The van der Waals surface area contributed by atoms with Gasteiger partial charge in [-0.25, -0.2) is 0 Å². The van der Waals surface area contributed by atoms with Crippen LogP contribution in [0.25, 0.3) is 0 Å². The van der Waals surface area contributed by atoms with Gasteiger partial charge in [0.25, 0.3) is 0 Å². The van der Waals surface area contributed by atoms with E-state index in [1.807, 2.05) is 36.4 Å². The average molecular weight is 228 g/mol. The lowest BCUT2D eigenvalue weighted by Gasteiger charge is -2.05. The van der Waals surface area contributed by atoms with Gasteiger partial charge in [-0.2, -0.15) is 0 Å². The van der Waals surface area contributed by atoms with Gasteiger partial charge < -0.3 is 0 Å². The average Bonchev–Trinajstić information content (AvgIpc) is 3.03. The van der Waals surface area contributed by atoms with Crippen molar-refractivity contribution in [1.82, 2.24) is 0 Å². The van der Waals surface area contributed by atoms with Crippen LogP contribution < -0.4 is 0 Å². The van der Waals surface area contributed by atoms with Gasteiger partial charge in [0.2, 0.25) is 0 Å². The van der Waals surface area contributed by atoms with Crippen molar-refractivity contribution in [1.29, 1.82) is 0 Å². The third kappa shape index (κ3) is 9.62. The summed E-state index contributed by atoms with van der Waals surface area (Å²) in [6, 6.07) is 12.0. The van der Waals surface area contributed by atoms with Crippen LogP contribution in [0.15, 0.2) is 60.7 Å². The van der Waals surface area contributed by atoms with E-state index in [1.165, 1.54) is 38.5 Å². The summed E-state index contributed by atoms with van der Waals surface area (Å²) in [5, 5.41) is 0. The summed E-state index contributed by atoms with van der Waals surface area (Å²) in [5.74, 6) is 0. The van der Waals surface area contributed by atoms with Crippen LogP contribution in [0, 0.1) is 0 Å². The van der Waals surface area contributed by atoms with Crippen molar-refractivity contribution in [3.63, 3.8) is 0 Å². The maximum Gasteiger partial charge on any atom is -0.0163 e. The molecule has 0 unspecified atom stereocenters. The molecule has 2 aliphatic rings. The van der Waals surface area contributed by atoms with E-state index in [4.69, 9.17) is 0 Å². The molecule has 17 heavy (non-hydrogen) atoms. The first kappa shape index (κ1) is 13.8. The Bertz CT molecular complexity index is 243. The molecule has 1 saturated carbocycles. The van der Waals surface area contributed by atoms with Crippen LogP contribution in [0.1, 0.15) is 44.9 Å². The van der Waals surface area contributed by atoms with Crippen molar-refractivity contribution in [3.8, 4) is 0 Å². The number of hydrogen-bond acceptors (Lipinski definition) is 0. The fraction of sp³-hybridized carbons (Fsp3) is 0.412. The Hall–Kier alpha value is -1.30. The van der Waals surface area contributed by atoms with Gasteiger partial charge in [-0.3, -0.25) is 0 Å². The van der Waals surface area contributed by atoms with Crippen LogP contribution in [0.3, 0.4) is 0 Å². The fourth-order valence-electron chi connectivity index (χ4n) is 1.84. The van der Waals surface area contributed by atoms with Gasteiger partial charge >= 0.3 is 0 Å². The molecule has 0 aromatic heterocycles. The van der Waals surface area contributed by atoms with Crippen LogP contribution in [-0.4, -0.2) is 0 Å². The molecular weight excluding hydrogens is 204 g/mol. The smallest absolute Gasteiger partial charge is 0.0163 e. The fourth-order valence-corrected chi connectivity index (χ4v) is 1.84. The Morgan fingerprint density at radius 1 is 0.412 bits per heavy atom. The molecule has 0 aliphatic heterocycles. The molecule has 0 bridgehead atoms. The first-order valence-electron chi connectivity index (χ1n) is 6.82. The standard InChI is InChI=1S/C6H12.C6H6.C5H6/c2*1-2-4-6-5-3-1;1-2-4-5-3-1/h1-6H2;1-6H;1-4H,5H2. The van der Waals surface area contributed by atoms with Crippen molar-refractivity contribution in [2.75, 3.05) is 0 Å². The molecule has 0 nitrogen and oxygen atoms in total. The van der Waals surface area contributed by atoms with E-state index in [9.17, 15) is 0 Å². The molecule has 0 spiro atoms. The predicted octanol–water partition coefficient (Wildman–Crippen LogP) is 5.53. The quantitative estimate of drug-likeness (QED) is 0.547. The Morgan fingerprint density at radius 3 is 0.882 bits per heavy atom. The molecule has 0 radical (unpaired) electrons. The Kier molecular flexibility index (Phi) is 9.06. The van der Waals surface area contributed by atoms with E-state index in [1.54, 1.807) is 0 Å². The minimum absolute atomic E-state index is 1.14. The molecule has 0 amide bonds. The zero-order valence-corrected chi connectivity index (χ0v) is 10.7. The lowest BCUT2D eigenvalue weighted by atomic mass is 10.0. The first-order chi connectivity index (χ1) is 8.50. The number of hydrogen-bond donors (Lipinski definition) is 0. The molecule has 2 aliphatic carbocycles. The van der Waals surface area contributed by atoms with Gasteiger partial charge in [-0.05, 0) is 6.42 Å². The number of benzene rings is 1. The van der Waals surface area contributed by atoms with Crippen LogP contribution in [0.2, 0.25) is 0 Å². The highest BCUT2D eigenvalue weighted by Gasteiger charge is 1.95. The second kappa shape index (κ2) is 11.2. The van der Waals surface area contributed by atoms with E-state index in [0.29, 0.717) is 0 Å². The molecule has 3 rings (SSSR count). The zero-order valence-electron chi connectivity index (χ0n) is 10.7. The van der Waals surface area contributed by atoms with Crippen LogP contribution in [0.4, 0.5) is 0 Å². The third-order valence-corrected chi connectivity index (χ3v) is 2.82. The Morgan fingerprint density at radius 2 is 0.706 bits per heavy atom. The van der Waals surface area contributed by atoms with Gasteiger partial charge in [0.05, 0.1) is 0 Å². The van der Waals surface area contributed by atoms with Crippen LogP contribution >= 0.6 is 0 Å². The lowest BCUT2D eigenvalue weighted by molar-refractivity contribution is 0.504. The SMILES string of the molecule is C1=CCC=C1.C1CCCCC1.c1ccccc1. The summed E-state index contributed by atoms with van der Waals surface area (Å²) in [6.07, 6.45) is 18.5. The molecule has 0 heterocycles. The highest BCUT2D eigenvalue weighted by Crippen LogP contribution is 2.15. The monoisotopic (exact) mass is 228 g/mol. The largest absolute Gasteiger partial charge is 0.0808 e. The van der Waals surface area contributed by atoms with Crippen molar-refractivity contribution >= 4 is 0 Å². The zero-order chi connectivity index (χ0) is 12.0. The Labute approximate surface area is 106 Å². The highest BCUT2D eigenvalue weighted by atomic mass is 14.0. The Balaban J connectivity index is 0.000000128. The van der Waals surface area contributed by atoms with E-state index in [2.05, 4.69) is 24.3 Å². The minimum atomic E-state index is 1.14. The van der Waals surface area contributed by atoms with Gasteiger partial charge in [0, 0.05) is 0 Å². The van der Waals surface area contributed by atoms with Crippen molar-refractivity contribution in [3.05, 3.63) is 60.7 Å². The molecule has 0 atom stereocenters. The van der Waals surface area contributed by atoms with E-state index < -0.39 is 0 Å². The van der Waals surface area contributed by atoms with Gasteiger partial charge in [-0.1, -0.05) is 99.2 Å². The molecule has 1 fully saturated rings. The van der Waals surface area contributed by atoms with Crippen LogP contribution in [0.5, 0.6) is 0 Å².